The van der Waals surface area contributed by atoms with Gasteiger partial charge in [-0.3, -0.25) is 9.80 Å². The standard InChI is InChI=1S/C10H14N2O2/c1-7-4-3-5-9(10(7)14)6-12(11)8(2)13/h3-5,14H,6,11H2,1-2H3. The van der Waals surface area contributed by atoms with Crippen LogP contribution >= 0.6 is 0 Å². The first-order valence-electron chi connectivity index (χ1n) is 4.32. The molecule has 0 aromatic heterocycles. The van der Waals surface area contributed by atoms with Gasteiger partial charge in [0.25, 0.3) is 0 Å². The number of aromatic hydroxyl groups is 1. The molecule has 3 N–H and O–H groups in total. The summed E-state index contributed by atoms with van der Waals surface area (Å²) in [5.74, 6) is 5.41. The van der Waals surface area contributed by atoms with Crippen molar-refractivity contribution < 1.29 is 9.90 Å². The lowest BCUT2D eigenvalue weighted by Gasteiger charge is -2.15. The van der Waals surface area contributed by atoms with Crippen molar-refractivity contribution in [2.75, 3.05) is 0 Å². The van der Waals surface area contributed by atoms with E-state index in [2.05, 4.69) is 0 Å². The minimum Gasteiger partial charge on any atom is -0.507 e. The number of hydrazine groups is 1. The van der Waals surface area contributed by atoms with Crippen LogP contribution in [0.15, 0.2) is 18.2 Å². The van der Waals surface area contributed by atoms with Crippen LogP contribution in [0.3, 0.4) is 0 Å². The van der Waals surface area contributed by atoms with E-state index in [9.17, 15) is 9.90 Å². The molecule has 0 saturated heterocycles. The van der Waals surface area contributed by atoms with Gasteiger partial charge in [0.05, 0.1) is 6.54 Å². The topological polar surface area (TPSA) is 66.6 Å². The van der Waals surface area contributed by atoms with Crippen molar-refractivity contribution in [1.29, 1.82) is 0 Å². The Bertz CT molecular complexity index is 350. The molecule has 1 aromatic carbocycles. The summed E-state index contributed by atoms with van der Waals surface area (Å²) in [5.41, 5.74) is 1.43. The van der Waals surface area contributed by atoms with Gasteiger partial charge in [-0.05, 0) is 12.5 Å². The number of hydrogen-bond acceptors (Lipinski definition) is 3. The lowest BCUT2D eigenvalue weighted by molar-refractivity contribution is -0.129. The normalized spacial score (nSPS) is 9.93. The van der Waals surface area contributed by atoms with Crippen molar-refractivity contribution in [1.82, 2.24) is 5.01 Å². The molecule has 0 atom stereocenters. The Balaban J connectivity index is 2.87. The van der Waals surface area contributed by atoms with Crippen LogP contribution in [-0.2, 0) is 11.3 Å². The zero-order chi connectivity index (χ0) is 10.7. The summed E-state index contributed by atoms with van der Waals surface area (Å²) in [5, 5.41) is 10.7. The summed E-state index contributed by atoms with van der Waals surface area (Å²) in [6, 6.07) is 5.36. The minimum absolute atomic E-state index is 0.198. The molecule has 0 heterocycles. The molecule has 0 radical (unpaired) electrons. The summed E-state index contributed by atoms with van der Waals surface area (Å²) < 4.78 is 0. The molecule has 76 valence electrons. The number of hydrogen-bond donors (Lipinski definition) is 2. The molecule has 4 heteroatoms. The van der Waals surface area contributed by atoms with Crippen LogP contribution in [0, 0.1) is 6.92 Å². The molecule has 0 bridgehead atoms. The van der Waals surface area contributed by atoms with E-state index in [1.165, 1.54) is 6.92 Å². The average molecular weight is 194 g/mol. The number of phenolic OH excluding ortho intramolecular Hbond substituents is 1. The third kappa shape index (κ3) is 2.23. The van der Waals surface area contributed by atoms with Gasteiger partial charge in [0.1, 0.15) is 5.75 Å². The zero-order valence-corrected chi connectivity index (χ0v) is 8.32. The minimum atomic E-state index is -0.231. The van der Waals surface area contributed by atoms with E-state index in [0.29, 0.717) is 5.56 Å². The Kier molecular flexibility index (Phi) is 3.09. The third-order valence-corrected chi connectivity index (χ3v) is 2.07. The van der Waals surface area contributed by atoms with Crippen molar-refractivity contribution in [3.63, 3.8) is 0 Å². The summed E-state index contributed by atoms with van der Waals surface area (Å²) >= 11 is 0. The van der Waals surface area contributed by atoms with Gasteiger partial charge in [-0.25, -0.2) is 5.84 Å². The van der Waals surface area contributed by atoms with Crippen molar-refractivity contribution in [2.45, 2.75) is 20.4 Å². The number of carbonyl (C=O) groups excluding carboxylic acids is 1. The number of nitrogens with zero attached hydrogens (tertiary/aromatic N) is 1. The Morgan fingerprint density at radius 1 is 1.57 bits per heavy atom. The van der Waals surface area contributed by atoms with E-state index in [1.54, 1.807) is 19.1 Å². The van der Waals surface area contributed by atoms with Crippen LogP contribution in [-0.4, -0.2) is 16.0 Å². The number of benzene rings is 1. The number of amides is 1. The van der Waals surface area contributed by atoms with Crippen molar-refractivity contribution in [2.24, 2.45) is 5.84 Å². The Labute approximate surface area is 82.9 Å². The van der Waals surface area contributed by atoms with Crippen LogP contribution in [0.25, 0.3) is 0 Å². The van der Waals surface area contributed by atoms with Gasteiger partial charge in [-0.15, -0.1) is 0 Å². The maximum absolute atomic E-state index is 10.9. The third-order valence-electron chi connectivity index (χ3n) is 2.07. The van der Waals surface area contributed by atoms with Gasteiger partial charge >= 0.3 is 0 Å². The zero-order valence-electron chi connectivity index (χ0n) is 8.32. The fraction of sp³-hybridized carbons (Fsp3) is 0.300. The van der Waals surface area contributed by atoms with Gasteiger partial charge < -0.3 is 5.11 Å². The van der Waals surface area contributed by atoms with Crippen LogP contribution in [0.5, 0.6) is 5.75 Å². The molecule has 14 heavy (non-hydrogen) atoms. The van der Waals surface area contributed by atoms with Gasteiger partial charge in [0, 0.05) is 12.5 Å². The molecular formula is C10H14N2O2. The second-order valence-corrected chi connectivity index (χ2v) is 3.23. The Morgan fingerprint density at radius 2 is 2.21 bits per heavy atom. The number of aryl methyl sites for hydroxylation is 1. The van der Waals surface area contributed by atoms with Crippen molar-refractivity contribution >= 4 is 5.91 Å². The molecule has 0 saturated carbocycles. The molecule has 0 unspecified atom stereocenters. The first-order chi connectivity index (χ1) is 6.52. The highest BCUT2D eigenvalue weighted by Crippen LogP contribution is 2.21. The molecule has 0 fully saturated rings. The lowest BCUT2D eigenvalue weighted by Crippen LogP contribution is -2.34. The number of carbonyl (C=O) groups is 1. The van der Waals surface area contributed by atoms with E-state index >= 15 is 0 Å². The number of rotatable bonds is 2. The van der Waals surface area contributed by atoms with E-state index in [0.717, 1.165) is 10.6 Å². The maximum Gasteiger partial charge on any atom is 0.233 e. The van der Waals surface area contributed by atoms with Gasteiger partial charge in [0.15, 0.2) is 0 Å². The highest BCUT2D eigenvalue weighted by Gasteiger charge is 2.08. The highest BCUT2D eigenvalue weighted by atomic mass is 16.3. The largest absolute Gasteiger partial charge is 0.507 e. The molecule has 1 rings (SSSR count). The van der Waals surface area contributed by atoms with E-state index in [4.69, 9.17) is 5.84 Å². The molecule has 0 aliphatic rings. The molecule has 4 nitrogen and oxygen atoms in total. The summed E-state index contributed by atoms with van der Waals surface area (Å²) in [7, 11) is 0. The molecule has 1 amide bonds. The van der Waals surface area contributed by atoms with Crippen LogP contribution in [0.2, 0.25) is 0 Å². The quantitative estimate of drug-likeness (QED) is 0.418. The summed E-state index contributed by atoms with van der Waals surface area (Å²) in [6.07, 6.45) is 0. The monoisotopic (exact) mass is 194 g/mol. The predicted molar refractivity (Wildman–Crippen MR) is 53.3 cm³/mol. The van der Waals surface area contributed by atoms with Gasteiger partial charge in [-0.2, -0.15) is 0 Å². The second-order valence-electron chi connectivity index (χ2n) is 3.23. The van der Waals surface area contributed by atoms with E-state index < -0.39 is 0 Å². The average Bonchev–Trinajstić information content (AvgIpc) is 2.12. The van der Waals surface area contributed by atoms with E-state index in [-0.39, 0.29) is 18.2 Å². The van der Waals surface area contributed by atoms with Gasteiger partial charge in [-0.1, -0.05) is 18.2 Å². The van der Waals surface area contributed by atoms with Crippen molar-refractivity contribution in [3.05, 3.63) is 29.3 Å². The van der Waals surface area contributed by atoms with Gasteiger partial charge in [0.2, 0.25) is 5.91 Å². The number of phenols is 1. The number of para-hydroxylation sites is 1. The highest BCUT2D eigenvalue weighted by molar-refractivity contribution is 5.72. The van der Waals surface area contributed by atoms with Crippen molar-refractivity contribution in [3.8, 4) is 5.75 Å². The lowest BCUT2D eigenvalue weighted by atomic mass is 10.1. The predicted octanol–water partition coefficient (Wildman–Crippen LogP) is 0.923. The molecule has 1 aromatic rings. The second kappa shape index (κ2) is 4.11. The van der Waals surface area contributed by atoms with Crippen LogP contribution in [0.1, 0.15) is 18.1 Å². The SMILES string of the molecule is CC(=O)N(N)Cc1cccc(C)c1O. The molecule has 0 spiro atoms. The summed E-state index contributed by atoms with van der Waals surface area (Å²) in [6.45, 7) is 3.41. The van der Waals surface area contributed by atoms with Crippen LogP contribution in [0.4, 0.5) is 0 Å². The van der Waals surface area contributed by atoms with Crippen LogP contribution < -0.4 is 5.84 Å². The molecule has 0 aliphatic heterocycles. The summed E-state index contributed by atoms with van der Waals surface area (Å²) in [4.78, 5) is 10.9. The van der Waals surface area contributed by atoms with E-state index in [1.807, 2.05) is 6.07 Å². The number of nitrogens with two attached hydrogens (primary N) is 1. The first kappa shape index (κ1) is 10.5. The Hall–Kier alpha value is -1.55. The fourth-order valence-electron chi connectivity index (χ4n) is 1.14. The molecular weight excluding hydrogens is 180 g/mol. The smallest absolute Gasteiger partial charge is 0.233 e. The Morgan fingerprint density at radius 3 is 2.79 bits per heavy atom. The first-order valence-corrected chi connectivity index (χ1v) is 4.32. The maximum atomic E-state index is 10.9. The molecule has 0 aliphatic carbocycles. The fourth-order valence-corrected chi connectivity index (χ4v) is 1.14.